The van der Waals surface area contributed by atoms with E-state index < -0.39 is 11.9 Å². The molecule has 0 bridgehead atoms. The number of amides is 1. The fourth-order valence-corrected chi connectivity index (χ4v) is 4.11. The fraction of sp³-hybridized carbons (Fsp3) is 0.625. The minimum Gasteiger partial charge on any atom is -0.389 e. The normalized spacial score (nSPS) is 21.0. The number of ether oxygens (including phenoxy) is 3. The average Bonchev–Trinajstić information content (AvgIpc) is 2.82. The van der Waals surface area contributed by atoms with Gasteiger partial charge in [-0.2, -0.15) is 0 Å². The number of nitrogens with zero attached hydrogens (tertiary/aromatic N) is 3. The summed E-state index contributed by atoms with van der Waals surface area (Å²) in [6.07, 6.45) is 0.857. The molecule has 0 spiro atoms. The highest BCUT2D eigenvalue weighted by Gasteiger charge is 2.27. The van der Waals surface area contributed by atoms with Crippen molar-refractivity contribution >= 4 is 5.91 Å². The van der Waals surface area contributed by atoms with Crippen LogP contribution < -0.4 is 0 Å². The minimum atomic E-state index is -0.602. The molecule has 1 aromatic carbocycles. The number of hydrogen-bond acceptors (Lipinski definition) is 7. The van der Waals surface area contributed by atoms with Crippen molar-refractivity contribution < 1.29 is 28.5 Å². The third-order valence-corrected chi connectivity index (χ3v) is 5.81. The van der Waals surface area contributed by atoms with Crippen LogP contribution in [0, 0.1) is 5.82 Å². The first-order valence-electron chi connectivity index (χ1n) is 11.6. The van der Waals surface area contributed by atoms with E-state index >= 15 is 0 Å². The van der Waals surface area contributed by atoms with Crippen molar-refractivity contribution in [1.82, 2.24) is 14.7 Å². The molecule has 0 aliphatic carbocycles. The van der Waals surface area contributed by atoms with Gasteiger partial charge in [-0.3, -0.25) is 14.6 Å². The maximum absolute atomic E-state index is 13.7. The number of aliphatic hydroxyl groups excluding tert-OH is 1. The summed E-state index contributed by atoms with van der Waals surface area (Å²) in [5.41, 5.74) is 0.333. The Bertz CT molecular complexity index is 747. The lowest BCUT2D eigenvalue weighted by molar-refractivity contribution is -0.0583. The number of rotatable bonds is 12. The van der Waals surface area contributed by atoms with E-state index in [-0.39, 0.29) is 18.6 Å². The predicted molar refractivity (Wildman–Crippen MR) is 123 cm³/mol. The van der Waals surface area contributed by atoms with Gasteiger partial charge in [0.2, 0.25) is 0 Å². The van der Waals surface area contributed by atoms with Crippen molar-refractivity contribution in [1.29, 1.82) is 0 Å². The number of halogens is 1. The molecule has 184 valence electrons. The number of β-amino-alcohol motifs (C(OH)–C–C–N with tert-alkyl or cyclic N) is 1. The van der Waals surface area contributed by atoms with Gasteiger partial charge in [-0.05, 0) is 18.2 Å². The van der Waals surface area contributed by atoms with Crippen LogP contribution in [0.4, 0.5) is 4.39 Å². The van der Waals surface area contributed by atoms with E-state index in [1.54, 1.807) is 23.1 Å². The van der Waals surface area contributed by atoms with E-state index in [1.165, 1.54) is 12.1 Å². The Labute approximate surface area is 195 Å². The smallest absolute Gasteiger partial charge is 0.254 e. The first kappa shape index (κ1) is 25.7. The highest BCUT2D eigenvalue weighted by atomic mass is 19.1. The van der Waals surface area contributed by atoms with Crippen LogP contribution >= 0.6 is 0 Å². The Kier molecular flexibility index (Phi) is 10.7. The van der Waals surface area contributed by atoms with E-state index in [1.807, 2.05) is 0 Å². The summed E-state index contributed by atoms with van der Waals surface area (Å²) in [5, 5.41) is 10.2. The Morgan fingerprint density at radius 1 is 1.30 bits per heavy atom. The maximum atomic E-state index is 13.7. The van der Waals surface area contributed by atoms with Crippen molar-refractivity contribution in [2.45, 2.75) is 12.2 Å². The molecule has 2 saturated heterocycles. The summed E-state index contributed by atoms with van der Waals surface area (Å²) < 4.78 is 30.4. The lowest BCUT2D eigenvalue weighted by Crippen LogP contribution is -2.52. The van der Waals surface area contributed by atoms with Crippen LogP contribution in [0.15, 0.2) is 36.9 Å². The fourth-order valence-electron chi connectivity index (χ4n) is 4.11. The lowest BCUT2D eigenvalue weighted by atomic mass is 10.1. The SMILES string of the molecule is C=CCOCC(O)CN1CCOC(CN(CCN2CCOCC2)C(=O)c2cccc(F)c2)C1. The minimum absolute atomic E-state index is 0.192. The Morgan fingerprint density at radius 3 is 2.85 bits per heavy atom. The van der Waals surface area contributed by atoms with Crippen LogP contribution in [0.5, 0.6) is 0 Å². The molecule has 0 aromatic heterocycles. The van der Waals surface area contributed by atoms with Gasteiger partial charge in [-0.1, -0.05) is 12.1 Å². The second-order valence-corrected chi connectivity index (χ2v) is 8.45. The van der Waals surface area contributed by atoms with Gasteiger partial charge in [0.15, 0.2) is 0 Å². The molecule has 2 unspecified atom stereocenters. The molecule has 1 amide bonds. The quantitative estimate of drug-likeness (QED) is 0.363. The first-order valence-corrected chi connectivity index (χ1v) is 11.6. The van der Waals surface area contributed by atoms with Crippen molar-refractivity contribution in [3.63, 3.8) is 0 Å². The first-order chi connectivity index (χ1) is 16.0. The molecule has 2 heterocycles. The van der Waals surface area contributed by atoms with Gasteiger partial charge in [0.1, 0.15) is 5.82 Å². The number of hydrogen-bond donors (Lipinski definition) is 1. The summed E-state index contributed by atoms with van der Waals surface area (Å²) >= 11 is 0. The Balaban J connectivity index is 1.59. The van der Waals surface area contributed by atoms with Crippen LogP contribution in [-0.4, -0.2) is 123 Å². The van der Waals surface area contributed by atoms with Crippen LogP contribution in [0.25, 0.3) is 0 Å². The third-order valence-electron chi connectivity index (χ3n) is 5.81. The monoisotopic (exact) mass is 465 g/mol. The van der Waals surface area contributed by atoms with Crippen molar-refractivity contribution in [3.8, 4) is 0 Å². The van der Waals surface area contributed by atoms with Gasteiger partial charge in [0.25, 0.3) is 5.91 Å². The van der Waals surface area contributed by atoms with Crippen LogP contribution in [0.3, 0.4) is 0 Å². The highest BCUT2D eigenvalue weighted by Crippen LogP contribution is 2.13. The summed E-state index contributed by atoms with van der Waals surface area (Å²) in [5.74, 6) is -0.636. The summed E-state index contributed by atoms with van der Waals surface area (Å²) in [7, 11) is 0. The number of aliphatic hydroxyl groups is 1. The van der Waals surface area contributed by atoms with E-state index in [9.17, 15) is 14.3 Å². The maximum Gasteiger partial charge on any atom is 0.254 e. The van der Waals surface area contributed by atoms with E-state index in [0.717, 1.165) is 19.6 Å². The second-order valence-electron chi connectivity index (χ2n) is 8.45. The summed E-state index contributed by atoms with van der Waals surface area (Å²) in [6, 6.07) is 5.80. The van der Waals surface area contributed by atoms with Gasteiger partial charge in [0.05, 0.1) is 45.2 Å². The van der Waals surface area contributed by atoms with Gasteiger partial charge < -0.3 is 24.2 Å². The van der Waals surface area contributed by atoms with Crippen molar-refractivity contribution in [2.75, 3.05) is 85.4 Å². The molecule has 0 radical (unpaired) electrons. The van der Waals surface area contributed by atoms with E-state index in [2.05, 4.69) is 16.4 Å². The summed E-state index contributed by atoms with van der Waals surface area (Å²) in [6.45, 7) is 11.3. The number of benzene rings is 1. The molecule has 0 saturated carbocycles. The van der Waals surface area contributed by atoms with E-state index in [0.29, 0.717) is 64.7 Å². The molecule has 2 aliphatic rings. The Hall–Kier alpha value is -1.88. The zero-order valence-corrected chi connectivity index (χ0v) is 19.2. The highest BCUT2D eigenvalue weighted by molar-refractivity contribution is 5.94. The molecule has 8 nitrogen and oxygen atoms in total. The number of morpholine rings is 2. The largest absolute Gasteiger partial charge is 0.389 e. The van der Waals surface area contributed by atoms with Crippen LogP contribution in [0.1, 0.15) is 10.4 Å². The number of carbonyl (C=O) groups is 1. The Morgan fingerprint density at radius 2 is 2.09 bits per heavy atom. The predicted octanol–water partition coefficient (Wildman–Crippen LogP) is 0.864. The van der Waals surface area contributed by atoms with Crippen molar-refractivity contribution in [3.05, 3.63) is 48.3 Å². The van der Waals surface area contributed by atoms with Gasteiger partial charge in [0, 0.05) is 57.9 Å². The summed E-state index contributed by atoms with van der Waals surface area (Å²) in [4.78, 5) is 19.4. The molecule has 3 rings (SSSR count). The molecule has 1 aromatic rings. The molecule has 2 atom stereocenters. The van der Waals surface area contributed by atoms with E-state index in [4.69, 9.17) is 14.2 Å². The number of carbonyl (C=O) groups excluding carboxylic acids is 1. The molecule has 1 N–H and O–H groups in total. The van der Waals surface area contributed by atoms with Gasteiger partial charge >= 0.3 is 0 Å². The molecular weight excluding hydrogens is 429 g/mol. The molecule has 33 heavy (non-hydrogen) atoms. The third kappa shape index (κ3) is 8.77. The molecular formula is C24H36FN3O5. The zero-order chi connectivity index (χ0) is 23.5. The van der Waals surface area contributed by atoms with Crippen molar-refractivity contribution in [2.24, 2.45) is 0 Å². The molecule has 2 aliphatic heterocycles. The molecule has 2 fully saturated rings. The van der Waals surface area contributed by atoms with Gasteiger partial charge in [-0.15, -0.1) is 6.58 Å². The lowest BCUT2D eigenvalue weighted by Gasteiger charge is -2.37. The van der Waals surface area contributed by atoms with Gasteiger partial charge in [-0.25, -0.2) is 4.39 Å². The average molecular weight is 466 g/mol. The molecule has 9 heteroatoms. The van der Waals surface area contributed by atoms with Crippen LogP contribution in [0.2, 0.25) is 0 Å². The topological polar surface area (TPSA) is 74.7 Å². The second kappa shape index (κ2) is 13.7. The van der Waals surface area contributed by atoms with Crippen LogP contribution in [-0.2, 0) is 14.2 Å². The zero-order valence-electron chi connectivity index (χ0n) is 19.2. The standard InChI is InChI=1S/C24H36FN3O5/c1-2-11-32-19-22(29)16-27-10-14-33-23(17-27)18-28(7-6-26-8-12-31-13-9-26)24(30)20-4-3-5-21(25)15-20/h2-5,15,22-23,29H,1,6-14,16-19H2.